The summed E-state index contributed by atoms with van der Waals surface area (Å²) in [7, 11) is 0. The number of rotatable bonds is 7. The van der Waals surface area contributed by atoms with Crippen LogP contribution in [0.2, 0.25) is 5.02 Å². The fourth-order valence-electron chi connectivity index (χ4n) is 2.99. The molecular weight excluding hydrogens is 374 g/mol. The van der Waals surface area contributed by atoms with Gasteiger partial charge < -0.3 is 5.32 Å². The maximum absolute atomic E-state index is 12.5. The topological polar surface area (TPSA) is 29.1 Å². The Kier molecular flexibility index (Phi) is 6.97. The van der Waals surface area contributed by atoms with Gasteiger partial charge in [0.05, 0.1) is 17.0 Å². The number of benzene rings is 3. The molecule has 138 valence electrons. The Hall–Kier alpha value is -2.23. The molecule has 0 unspecified atom stereocenters. The molecule has 4 heteroatoms. The first kappa shape index (κ1) is 19.5. The van der Waals surface area contributed by atoms with Gasteiger partial charge in [-0.2, -0.15) is 0 Å². The number of thioether (sulfide) groups is 1. The van der Waals surface area contributed by atoms with Gasteiger partial charge in [0.2, 0.25) is 5.91 Å². The van der Waals surface area contributed by atoms with E-state index in [0.717, 1.165) is 5.56 Å². The zero-order valence-corrected chi connectivity index (χ0v) is 16.7. The summed E-state index contributed by atoms with van der Waals surface area (Å²) in [6, 6.07) is 28.1. The largest absolute Gasteiger partial charge is 0.349 e. The van der Waals surface area contributed by atoms with E-state index >= 15 is 0 Å². The fourth-order valence-corrected chi connectivity index (χ4v) is 4.39. The highest BCUT2D eigenvalue weighted by molar-refractivity contribution is 8.00. The van der Waals surface area contributed by atoms with Crippen LogP contribution in [0.1, 0.15) is 34.9 Å². The van der Waals surface area contributed by atoms with Crippen molar-refractivity contribution in [3.8, 4) is 0 Å². The highest BCUT2D eigenvalue weighted by Gasteiger charge is 2.18. The summed E-state index contributed by atoms with van der Waals surface area (Å²) in [4.78, 5) is 12.5. The van der Waals surface area contributed by atoms with Crippen LogP contribution in [0.25, 0.3) is 0 Å². The van der Waals surface area contributed by atoms with Gasteiger partial charge >= 0.3 is 0 Å². The third kappa shape index (κ3) is 5.38. The first-order chi connectivity index (χ1) is 13.1. The molecule has 0 aromatic heterocycles. The monoisotopic (exact) mass is 395 g/mol. The Morgan fingerprint density at radius 2 is 1.41 bits per heavy atom. The van der Waals surface area contributed by atoms with Crippen LogP contribution in [0.15, 0.2) is 84.9 Å². The number of nitrogens with one attached hydrogen (secondary N) is 1. The Morgan fingerprint density at radius 3 is 1.96 bits per heavy atom. The lowest BCUT2D eigenvalue weighted by Crippen LogP contribution is -2.28. The molecule has 3 aromatic carbocycles. The standard InChI is InChI=1S/C23H22ClNOS/c1-17(20-14-8-9-15-21(20)24)25-22(26)16-27-23(18-10-4-2-5-11-18)19-12-6-3-7-13-19/h2-15,17,23H,16H2,1H3,(H,25,26)/t17-/m1/s1. The molecule has 0 aliphatic carbocycles. The smallest absolute Gasteiger partial charge is 0.230 e. The molecule has 1 atom stereocenters. The van der Waals surface area contributed by atoms with Crippen LogP contribution in [0, 0.1) is 0 Å². The van der Waals surface area contributed by atoms with E-state index in [2.05, 4.69) is 29.6 Å². The third-order valence-electron chi connectivity index (χ3n) is 4.33. The van der Waals surface area contributed by atoms with E-state index in [4.69, 9.17) is 11.6 Å². The minimum atomic E-state index is -0.126. The number of carbonyl (C=O) groups excluding carboxylic acids is 1. The maximum atomic E-state index is 12.5. The average Bonchev–Trinajstić information content (AvgIpc) is 2.70. The van der Waals surface area contributed by atoms with E-state index in [-0.39, 0.29) is 17.2 Å². The van der Waals surface area contributed by atoms with E-state index in [1.54, 1.807) is 11.8 Å². The Labute approximate surface area is 170 Å². The second-order valence-corrected chi connectivity index (χ2v) is 7.82. The molecule has 0 spiro atoms. The van der Waals surface area contributed by atoms with Crippen molar-refractivity contribution in [2.24, 2.45) is 0 Å². The molecular formula is C23H22ClNOS. The summed E-state index contributed by atoms with van der Waals surface area (Å²) < 4.78 is 0. The van der Waals surface area contributed by atoms with Crippen molar-refractivity contribution in [2.75, 3.05) is 5.75 Å². The molecule has 0 fully saturated rings. The molecule has 1 N–H and O–H groups in total. The van der Waals surface area contributed by atoms with Crippen molar-refractivity contribution >= 4 is 29.3 Å². The van der Waals surface area contributed by atoms with E-state index in [9.17, 15) is 4.79 Å². The second kappa shape index (κ2) is 9.63. The summed E-state index contributed by atoms with van der Waals surface area (Å²) in [5.41, 5.74) is 3.32. The normalized spacial score (nSPS) is 12.0. The molecule has 0 bridgehead atoms. The second-order valence-electron chi connectivity index (χ2n) is 6.32. The van der Waals surface area contributed by atoms with Crippen LogP contribution in [0.4, 0.5) is 0 Å². The first-order valence-electron chi connectivity index (χ1n) is 8.90. The number of carbonyl (C=O) groups is 1. The van der Waals surface area contributed by atoms with E-state index in [0.29, 0.717) is 10.8 Å². The molecule has 0 saturated carbocycles. The van der Waals surface area contributed by atoms with Gasteiger partial charge in [0.1, 0.15) is 0 Å². The first-order valence-corrected chi connectivity index (χ1v) is 10.3. The van der Waals surface area contributed by atoms with Crippen LogP contribution < -0.4 is 5.32 Å². The molecule has 27 heavy (non-hydrogen) atoms. The molecule has 2 nitrogen and oxygen atoms in total. The minimum absolute atomic E-state index is 0.00396. The number of halogens is 1. The maximum Gasteiger partial charge on any atom is 0.230 e. The van der Waals surface area contributed by atoms with Crippen molar-refractivity contribution < 1.29 is 4.79 Å². The van der Waals surface area contributed by atoms with Gasteiger partial charge in [-0.3, -0.25) is 4.79 Å². The van der Waals surface area contributed by atoms with Crippen LogP contribution in [0.5, 0.6) is 0 Å². The quantitative estimate of drug-likeness (QED) is 0.528. The van der Waals surface area contributed by atoms with E-state index < -0.39 is 0 Å². The highest BCUT2D eigenvalue weighted by atomic mass is 35.5. The van der Waals surface area contributed by atoms with Gasteiger partial charge in [-0.05, 0) is 29.7 Å². The zero-order chi connectivity index (χ0) is 19.1. The summed E-state index contributed by atoms with van der Waals surface area (Å²) in [5.74, 6) is 0.382. The summed E-state index contributed by atoms with van der Waals surface area (Å²) in [6.45, 7) is 1.95. The molecule has 0 saturated heterocycles. The SMILES string of the molecule is C[C@@H](NC(=O)CSC(c1ccccc1)c1ccccc1)c1ccccc1Cl. The van der Waals surface area contributed by atoms with Gasteiger partial charge in [0.25, 0.3) is 0 Å². The highest BCUT2D eigenvalue weighted by Crippen LogP contribution is 2.35. The average molecular weight is 396 g/mol. The lowest BCUT2D eigenvalue weighted by Gasteiger charge is -2.19. The zero-order valence-electron chi connectivity index (χ0n) is 15.1. The van der Waals surface area contributed by atoms with Gasteiger partial charge in [-0.25, -0.2) is 0 Å². The third-order valence-corrected chi connectivity index (χ3v) is 5.99. The Bertz CT molecular complexity index is 830. The van der Waals surface area contributed by atoms with Gasteiger partial charge in [0, 0.05) is 5.02 Å². The lowest BCUT2D eigenvalue weighted by molar-refractivity contribution is -0.119. The van der Waals surface area contributed by atoms with Crippen LogP contribution >= 0.6 is 23.4 Å². The van der Waals surface area contributed by atoms with Crippen LogP contribution in [-0.4, -0.2) is 11.7 Å². The summed E-state index contributed by atoms with van der Waals surface area (Å²) in [5, 5.41) is 3.84. The summed E-state index contributed by atoms with van der Waals surface area (Å²) >= 11 is 7.87. The van der Waals surface area contributed by atoms with E-state index in [1.807, 2.05) is 67.6 Å². The Morgan fingerprint density at radius 1 is 0.889 bits per heavy atom. The van der Waals surface area contributed by atoms with Crippen molar-refractivity contribution in [2.45, 2.75) is 18.2 Å². The predicted molar refractivity (Wildman–Crippen MR) is 115 cm³/mol. The van der Waals surface area contributed by atoms with Crippen molar-refractivity contribution in [3.63, 3.8) is 0 Å². The lowest BCUT2D eigenvalue weighted by atomic mass is 10.0. The number of hydrogen-bond acceptors (Lipinski definition) is 2. The molecule has 3 rings (SSSR count). The van der Waals surface area contributed by atoms with Crippen molar-refractivity contribution in [1.82, 2.24) is 5.32 Å². The Balaban J connectivity index is 1.67. The molecule has 0 radical (unpaired) electrons. The van der Waals surface area contributed by atoms with Crippen molar-refractivity contribution in [1.29, 1.82) is 0 Å². The van der Waals surface area contributed by atoms with Crippen LogP contribution in [-0.2, 0) is 4.79 Å². The molecule has 0 heterocycles. The van der Waals surface area contributed by atoms with Gasteiger partial charge in [-0.1, -0.05) is 90.5 Å². The van der Waals surface area contributed by atoms with Crippen LogP contribution in [0.3, 0.4) is 0 Å². The minimum Gasteiger partial charge on any atom is -0.349 e. The van der Waals surface area contributed by atoms with Gasteiger partial charge in [0.15, 0.2) is 0 Å². The predicted octanol–water partition coefficient (Wildman–Crippen LogP) is 6.04. The number of hydrogen-bond donors (Lipinski definition) is 1. The number of amides is 1. The fraction of sp³-hybridized carbons (Fsp3) is 0.174. The van der Waals surface area contributed by atoms with Gasteiger partial charge in [-0.15, -0.1) is 11.8 Å². The summed E-state index contributed by atoms with van der Waals surface area (Å²) in [6.07, 6.45) is 0. The molecule has 3 aromatic rings. The molecule has 0 aliphatic rings. The molecule has 1 amide bonds. The van der Waals surface area contributed by atoms with E-state index in [1.165, 1.54) is 11.1 Å². The molecule has 0 aliphatic heterocycles. The van der Waals surface area contributed by atoms with Crippen molar-refractivity contribution in [3.05, 3.63) is 107 Å².